The second kappa shape index (κ2) is 6.59. The third-order valence-corrected chi connectivity index (χ3v) is 5.02. The first-order chi connectivity index (χ1) is 9.62. The predicted molar refractivity (Wildman–Crippen MR) is 84.0 cm³/mol. The molecule has 0 bridgehead atoms. The highest BCUT2D eigenvalue weighted by Gasteiger charge is 2.35. The number of methoxy groups -OCH3 is 1. The topological polar surface area (TPSA) is 38.5 Å². The highest BCUT2D eigenvalue weighted by atomic mass is 16.5. The minimum atomic E-state index is 0.0884. The predicted octanol–water partition coefficient (Wildman–Crippen LogP) is 3.21. The number of likely N-dealkylation sites (tertiary alicyclic amines) is 1. The summed E-state index contributed by atoms with van der Waals surface area (Å²) in [5.74, 6) is 0.887. The smallest absolute Gasteiger partial charge is 0.118 e. The fraction of sp³-hybridized carbons (Fsp3) is 0.647. The molecule has 1 aromatic carbocycles. The maximum Gasteiger partial charge on any atom is 0.118 e. The van der Waals surface area contributed by atoms with Gasteiger partial charge in [-0.3, -0.25) is 0 Å². The van der Waals surface area contributed by atoms with E-state index < -0.39 is 0 Å². The van der Waals surface area contributed by atoms with Crippen LogP contribution in [0.2, 0.25) is 0 Å². The number of ether oxygens (including phenoxy) is 1. The van der Waals surface area contributed by atoms with Gasteiger partial charge < -0.3 is 15.4 Å². The molecule has 3 nitrogen and oxygen atoms in total. The van der Waals surface area contributed by atoms with Crippen LogP contribution in [-0.4, -0.2) is 31.6 Å². The summed E-state index contributed by atoms with van der Waals surface area (Å²) in [5.41, 5.74) is 8.07. The molecule has 2 N–H and O–H groups in total. The van der Waals surface area contributed by atoms with E-state index in [4.69, 9.17) is 10.5 Å². The van der Waals surface area contributed by atoms with E-state index in [1.807, 2.05) is 12.1 Å². The van der Waals surface area contributed by atoms with Gasteiger partial charge >= 0.3 is 0 Å². The Hall–Kier alpha value is -1.06. The van der Waals surface area contributed by atoms with Gasteiger partial charge in [0.2, 0.25) is 0 Å². The first-order valence-corrected chi connectivity index (χ1v) is 7.74. The average Bonchev–Trinajstić information content (AvgIpc) is 2.91. The highest BCUT2D eigenvalue weighted by molar-refractivity contribution is 5.29. The standard InChI is InChI=1S/C17H28N2O/c1-4-17(5-2)10-11-19(13-17)12-16(18)14-6-8-15(20-3)9-7-14/h6-9,16H,4-5,10-13,18H2,1-3H3. The third kappa shape index (κ3) is 3.33. The van der Waals surface area contributed by atoms with Gasteiger partial charge in [-0.05, 0) is 48.9 Å². The van der Waals surface area contributed by atoms with Gasteiger partial charge in [-0.1, -0.05) is 26.0 Å². The summed E-state index contributed by atoms with van der Waals surface area (Å²) in [7, 11) is 1.69. The van der Waals surface area contributed by atoms with E-state index in [1.165, 1.54) is 37.9 Å². The van der Waals surface area contributed by atoms with Crippen LogP contribution in [0.25, 0.3) is 0 Å². The molecule has 1 atom stereocenters. The lowest BCUT2D eigenvalue weighted by Gasteiger charge is -2.27. The van der Waals surface area contributed by atoms with Crippen LogP contribution in [0, 0.1) is 5.41 Å². The fourth-order valence-electron chi connectivity index (χ4n) is 3.25. The van der Waals surface area contributed by atoms with Crippen molar-refractivity contribution in [2.24, 2.45) is 11.1 Å². The zero-order valence-electron chi connectivity index (χ0n) is 13.1. The lowest BCUT2D eigenvalue weighted by Crippen LogP contribution is -2.32. The first kappa shape index (κ1) is 15.3. The molecule has 1 unspecified atom stereocenters. The van der Waals surface area contributed by atoms with Crippen LogP contribution in [0.3, 0.4) is 0 Å². The Morgan fingerprint density at radius 3 is 2.40 bits per heavy atom. The maximum atomic E-state index is 6.36. The number of rotatable bonds is 6. The van der Waals surface area contributed by atoms with Gasteiger partial charge in [0.05, 0.1) is 7.11 Å². The zero-order valence-corrected chi connectivity index (χ0v) is 13.1. The van der Waals surface area contributed by atoms with E-state index in [1.54, 1.807) is 7.11 Å². The molecule has 0 spiro atoms. The Balaban J connectivity index is 1.93. The lowest BCUT2D eigenvalue weighted by molar-refractivity contribution is 0.233. The molecule has 1 aliphatic heterocycles. The van der Waals surface area contributed by atoms with Crippen LogP contribution in [-0.2, 0) is 0 Å². The molecular weight excluding hydrogens is 248 g/mol. The van der Waals surface area contributed by atoms with Gasteiger partial charge in [0.25, 0.3) is 0 Å². The van der Waals surface area contributed by atoms with Crippen LogP contribution in [0.15, 0.2) is 24.3 Å². The van der Waals surface area contributed by atoms with Crippen molar-refractivity contribution in [3.63, 3.8) is 0 Å². The van der Waals surface area contributed by atoms with E-state index in [0.717, 1.165) is 12.3 Å². The Bertz CT molecular complexity index is 412. The lowest BCUT2D eigenvalue weighted by atomic mass is 9.82. The molecule has 0 radical (unpaired) electrons. The van der Waals surface area contributed by atoms with E-state index in [9.17, 15) is 0 Å². The fourth-order valence-corrected chi connectivity index (χ4v) is 3.25. The zero-order chi connectivity index (χ0) is 14.6. The van der Waals surface area contributed by atoms with Crippen molar-refractivity contribution in [1.29, 1.82) is 0 Å². The maximum absolute atomic E-state index is 6.36. The minimum Gasteiger partial charge on any atom is -0.497 e. The van der Waals surface area contributed by atoms with Crippen LogP contribution in [0.1, 0.15) is 44.7 Å². The quantitative estimate of drug-likeness (QED) is 0.867. The minimum absolute atomic E-state index is 0.0884. The van der Waals surface area contributed by atoms with Crippen LogP contribution in [0.4, 0.5) is 0 Å². The van der Waals surface area contributed by atoms with Crippen molar-refractivity contribution in [2.45, 2.75) is 39.2 Å². The number of hydrogen-bond donors (Lipinski definition) is 1. The third-order valence-electron chi connectivity index (χ3n) is 5.02. The van der Waals surface area contributed by atoms with Crippen molar-refractivity contribution >= 4 is 0 Å². The summed E-state index contributed by atoms with van der Waals surface area (Å²) in [6, 6.07) is 8.22. The van der Waals surface area contributed by atoms with E-state index >= 15 is 0 Å². The molecule has 1 saturated heterocycles. The number of hydrogen-bond acceptors (Lipinski definition) is 3. The molecule has 1 aliphatic rings. The summed E-state index contributed by atoms with van der Waals surface area (Å²) in [6.07, 6.45) is 3.87. The van der Waals surface area contributed by atoms with Crippen molar-refractivity contribution < 1.29 is 4.74 Å². The molecule has 1 fully saturated rings. The second-order valence-corrected chi connectivity index (χ2v) is 6.07. The van der Waals surface area contributed by atoms with Crippen LogP contribution >= 0.6 is 0 Å². The van der Waals surface area contributed by atoms with Gasteiger partial charge in [-0.25, -0.2) is 0 Å². The Morgan fingerprint density at radius 1 is 1.25 bits per heavy atom. The molecule has 0 amide bonds. The second-order valence-electron chi connectivity index (χ2n) is 6.07. The van der Waals surface area contributed by atoms with Gasteiger partial charge in [-0.15, -0.1) is 0 Å². The first-order valence-electron chi connectivity index (χ1n) is 7.74. The van der Waals surface area contributed by atoms with Crippen molar-refractivity contribution in [1.82, 2.24) is 4.90 Å². The molecule has 2 rings (SSSR count). The Kier molecular flexibility index (Phi) is 5.06. The van der Waals surface area contributed by atoms with Gasteiger partial charge in [0.15, 0.2) is 0 Å². The number of nitrogens with two attached hydrogens (primary N) is 1. The molecular formula is C17H28N2O. The summed E-state index contributed by atoms with van der Waals surface area (Å²) in [4.78, 5) is 2.53. The van der Waals surface area contributed by atoms with Gasteiger partial charge in [0.1, 0.15) is 5.75 Å². The highest BCUT2D eigenvalue weighted by Crippen LogP contribution is 2.37. The summed E-state index contributed by atoms with van der Waals surface area (Å²) in [5, 5.41) is 0. The van der Waals surface area contributed by atoms with Crippen molar-refractivity contribution in [3.8, 4) is 5.75 Å². The Morgan fingerprint density at radius 2 is 1.90 bits per heavy atom. The van der Waals surface area contributed by atoms with E-state index in [0.29, 0.717) is 5.41 Å². The number of nitrogens with zero attached hydrogens (tertiary/aromatic N) is 1. The SMILES string of the molecule is CCC1(CC)CCN(CC(N)c2ccc(OC)cc2)C1. The van der Waals surface area contributed by atoms with Crippen LogP contribution in [0.5, 0.6) is 5.75 Å². The summed E-state index contributed by atoms with van der Waals surface area (Å²) in [6.45, 7) is 7.97. The van der Waals surface area contributed by atoms with Crippen molar-refractivity contribution in [2.75, 3.05) is 26.7 Å². The molecule has 0 aliphatic carbocycles. The molecule has 1 heterocycles. The average molecular weight is 276 g/mol. The molecule has 0 saturated carbocycles. The van der Waals surface area contributed by atoms with Gasteiger partial charge in [-0.2, -0.15) is 0 Å². The van der Waals surface area contributed by atoms with Crippen molar-refractivity contribution in [3.05, 3.63) is 29.8 Å². The molecule has 3 heteroatoms. The molecule has 1 aromatic rings. The van der Waals surface area contributed by atoms with E-state index in [-0.39, 0.29) is 6.04 Å². The Labute approximate surface area is 123 Å². The summed E-state index contributed by atoms with van der Waals surface area (Å²) >= 11 is 0. The van der Waals surface area contributed by atoms with Gasteiger partial charge in [0, 0.05) is 19.1 Å². The summed E-state index contributed by atoms with van der Waals surface area (Å²) < 4.78 is 5.19. The monoisotopic (exact) mass is 276 g/mol. The van der Waals surface area contributed by atoms with Crippen LogP contribution < -0.4 is 10.5 Å². The molecule has 20 heavy (non-hydrogen) atoms. The molecule has 112 valence electrons. The normalized spacial score (nSPS) is 20.0. The molecule has 0 aromatic heterocycles. The van der Waals surface area contributed by atoms with E-state index in [2.05, 4.69) is 30.9 Å². The number of benzene rings is 1. The largest absolute Gasteiger partial charge is 0.497 e.